The van der Waals surface area contributed by atoms with Gasteiger partial charge in [-0.15, -0.1) is 0 Å². The molecule has 0 radical (unpaired) electrons. The van der Waals surface area contributed by atoms with E-state index in [0.717, 1.165) is 63.0 Å². The minimum atomic E-state index is 0.236. The van der Waals surface area contributed by atoms with Gasteiger partial charge in [-0.3, -0.25) is 0 Å². The van der Waals surface area contributed by atoms with E-state index in [2.05, 4.69) is 25.5 Å². The van der Waals surface area contributed by atoms with E-state index in [9.17, 15) is 0 Å². The van der Waals surface area contributed by atoms with Crippen molar-refractivity contribution in [3.05, 3.63) is 40.5 Å². The van der Waals surface area contributed by atoms with E-state index in [-0.39, 0.29) is 6.10 Å². The minimum absolute atomic E-state index is 0.236. The molecule has 2 heterocycles. The number of anilines is 2. The maximum Gasteiger partial charge on any atom is 0.224 e. The van der Waals surface area contributed by atoms with Crippen molar-refractivity contribution in [2.24, 2.45) is 0 Å². The highest BCUT2D eigenvalue weighted by Gasteiger charge is 2.22. The number of rotatable bonds is 9. The fraction of sp³-hybridized carbons (Fsp3) is 0.524. The van der Waals surface area contributed by atoms with Crippen molar-refractivity contribution in [2.75, 3.05) is 36.8 Å². The summed E-state index contributed by atoms with van der Waals surface area (Å²) in [5, 5.41) is 7.82. The molecule has 8 heteroatoms. The molecular formula is C21H27Cl2N5O. The third-order valence-corrected chi connectivity index (χ3v) is 5.99. The van der Waals surface area contributed by atoms with Crippen molar-refractivity contribution in [1.29, 1.82) is 0 Å². The molecule has 0 atom stereocenters. The van der Waals surface area contributed by atoms with Crippen LogP contribution in [0.25, 0.3) is 0 Å². The van der Waals surface area contributed by atoms with Crippen LogP contribution in [0.3, 0.4) is 0 Å². The molecule has 2 N–H and O–H groups in total. The Balaban J connectivity index is 1.13. The number of ether oxygens (including phenoxy) is 1. The molecule has 0 bridgehead atoms. The van der Waals surface area contributed by atoms with Gasteiger partial charge in [-0.05, 0) is 56.8 Å². The lowest BCUT2D eigenvalue weighted by atomic mass is 10.1. The summed E-state index contributed by atoms with van der Waals surface area (Å²) in [5.41, 5.74) is 0. The lowest BCUT2D eigenvalue weighted by molar-refractivity contribution is 0.100. The normalized spacial score (nSPS) is 17.9. The number of nitrogens with zero attached hydrogens (tertiary/aromatic N) is 3. The average Bonchev–Trinajstić information content (AvgIpc) is 3.54. The van der Waals surface area contributed by atoms with E-state index in [1.807, 2.05) is 12.1 Å². The summed E-state index contributed by atoms with van der Waals surface area (Å²) in [4.78, 5) is 11.3. The molecule has 2 aliphatic rings. The Hall–Kier alpha value is -1.76. The molecule has 0 unspecified atom stereocenters. The van der Waals surface area contributed by atoms with Crippen molar-refractivity contribution >= 4 is 35.0 Å². The maximum atomic E-state index is 6.07. The largest absolute Gasteiger partial charge is 0.490 e. The molecule has 1 aliphatic carbocycles. The second-order valence-electron chi connectivity index (χ2n) is 7.70. The highest BCUT2D eigenvalue weighted by molar-refractivity contribution is 6.42. The van der Waals surface area contributed by atoms with Gasteiger partial charge < -0.3 is 20.3 Å². The molecule has 6 nitrogen and oxygen atoms in total. The van der Waals surface area contributed by atoms with E-state index in [4.69, 9.17) is 27.9 Å². The molecule has 156 valence electrons. The Morgan fingerprint density at radius 1 is 1.07 bits per heavy atom. The predicted molar refractivity (Wildman–Crippen MR) is 118 cm³/mol. The zero-order valence-corrected chi connectivity index (χ0v) is 17.9. The molecular weight excluding hydrogens is 409 g/mol. The molecule has 4 rings (SSSR count). The monoisotopic (exact) mass is 435 g/mol. The number of aromatic nitrogens is 2. The van der Waals surface area contributed by atoms with Crippen LogP contribution in [-0.4, -0.2) is 53.2 Å². The molecule has 2 aromatic rings. The van der Waals surface area contributed by atoms with Gasteiger partial charge >= 0.3 is 0 Å². The van der Waals surface area contributed by atoms with Crippen LogP contribution in [0, 0.1) is 0 Å². The first-order valence-electron chi connectivity index (χ1n) is 10.3. The quantitative estimate of drug-likeness (QED) is 0.556. The average molecular weight is 436 g/mol. The molecule has 1 saturated carbocycles. The zero-order valence-electron chi connectivity index (χ0n) is 16.4. The van der Waals surface area contributed by atoms with Crippen molar-refractivity contribution in [3.63, 3.8) is 0 Å². The molecule has 0 amide bonds. The topological polar surface area (TPSA) is 62.3 Å². The lowest BCUT2D eigenvalue weighted by Gasteiger charge is -2.32. The highest BCUT2D eigenvalue weighted by atomic mass is 35.5. The Kier molecular flexibility index (Phi) is 6.95. The van der Waals surface area contributed by atoms with Gasteiger partial charge in [0.05, 0.1) is 10.0 Å². The molecule has 1 aromatic heterocycles. The van der Waals surface area contributed by atoms with Crippen molar-refractivity contribution < 1.29 is 4.74 Å². The van der Waals surface area contributed by atoms with Gasteiger partial charge in [0, 0.05) is 37.9 Å². The number of likely N-dealkylation sites (tertiary alicyclic amines) is 1. The maximum absolute atomic E-state index is 6.07. The van der Waals surface area contributed by atoms with Gasteiger partial charge in [0.1, 0.15) is 17.7 Å². The fourth-order valence-corrected chi connectivity index (χ4v) is 3.74. The second-order valence-corrected chi connectivity index (χ2v) is 8.51. The summed E-state index contributed by atoms with van der Waals surface area (Å²) < 4.78 is 6.06. The number of hydrogen-bond donors (Lipinski definition) is 2. The van der Waals surface area contributed by atoms with Crippen molar-refractivity contribution in [1.82, 2.24) is 14.9 Å². The van der Waals surface area contributed by atoms with E-state index >= 15 is 0 Å². The molecule has 1 saturated heterocycles. The Morgan fingerprint density at radius 3 is 2.66 bits per heavy atom. The smallest absolute Gasteiger partial charge is 0.224 e. The van der Waals surface area contributed by atoms with Crippen molar-refractivity contribution in [2.45, 2.75) is 44.2 Å². The van der Waals surface area contributed by atoms with Crippen LogP contribution in [0.2, 0.25) is 10.0 Å². The minimum Gasteiger partial charge on any atom is -0.490 e. The summed E-state index contributed by atoms with van der Waals surface area (Å²) in [7, 11) is 0. The summed E-state index contributed by atoms with van der Waals surface area (Å²) in [5.74, 6) is 2.40. The zero-order chi connectivity index (χ0) is 20.1. The van der Waals surface area contributed by atoms with Crippen LogP contribution in [0.4, 0.5) is 11.8 Å². The number of nitrogens with one attached hydrogen (secondary N) is 2. The summed E-state index contributed by atoms with van der Waals surface area (Å²) in [6.45, 7) is 4.08. The van der Waals surface area contributed by atoms with Crippen LogP contribution in [-0.2, 0) is 0 Å². The molecule has 1 aromatic carbocycles. The number of hydrogen-bond acceptors (Lipinski definition) is 6. The molecule has 1 aliphatic heterocycles. The Bertz CT molecular complexity index is 809. The first-order valence-corrected chi connectivity index (χ1v) is 11.1. The van der Waals surface area contributed by atoms with E-state index < -0.39 is 0 Å². The lowest BCUT2D eigenvalue weighted by Crippen LogP contribution is -2.39. The van der Waals surface area contributed by atoms with Crippen molar-refractivity contribution in [3.8, 4) is 5.75 Å². The molecule has 0 spiro atoms. The van der Waals surface area contributed by atoms with Crippen LogP contribution >= 0.6 is 23.2 Å². The summed E-state index contributed by atoms with van der Waals surface area (Å²) in [6, 6.07) is 7.94. The van der Waals surface area contributed by atoms with E-state index in [1.54, 1.807) is 18.3 Å². The van der Waals surface area contributed by atoms with Crippen LogP contribution < -0.4 is 15.4 Å². The molecule has 29 heavy (non-hydrogen) atoms. The first kappa shape index (κ1) is 20.5. The predicted octanol–water partition coefficient (Wildman–Crippen LogP) is 4.70. The van der Waals surface area contributed by atoms with Gasteiger partial charge in [0.2, 0.25) is 5.95 Å². The number of halogens is 2. The summed E-state index contributed by atoms with van der Waals surface area (Å²) in [6.07, 6.45) is 7.60. The van der Waals surface area contributed by atoms with Crippen LogP contribution in [0.5, 0.6) is 5.75 Å². The van der Waals surface area contributed by atoms with Crippen LogP contribution in [0.1, 0.15) is 32.1 Å². The van der Waals surface area contributed by atoms with Gasteiger partial charge in [-0.2, -0.15) is 4.98 Å². The Labute approximate surface area is 182 Å². The third-order valence-electron chi connectivity index (χ3n) is 5.25. The number of piperidine rings is 1. The first-order chi connectivity index (χ1) is 14.2. The number of benzene rings is 1. The van der Waals surface area contributed by atoms with E-state index in [0.29, 0.717) is 16.1 Å². The third kappa shape index (κ3) is 6.36. The van der Waals surface area contributed by atoms with Crippen LogP contribution in [0.15, 0.2) is 30.5 Å². The summed E-state index contributed by atoms with van der Waals surface area (Å²) >= 11 is 12.0. The van der Waals surface area contributed by atoms with Gasteiger partial charge in [0.25, 0.3) is 0 Å². The van der Waals surface area contributed by atoms with Gasteiger partial charge in [-0.25, -0.2) is 4.98 Å². The second kappa shape index (κ2) is 9.83. The van der Waals surface area contributed by atoms with Gasteiger partial charge in [0.15, 0.2) is 0 Å². The molecule has 2 fully saturated rings. The SMILES string of the molecule is Clc1ccc(OC2CCN(CCCNc3ccnc(NC4CC4)n3)CC2)cc1Cl. The standard InChI is InChI=1S/C21H27Cl2N5O/c22-18-5-4-17(14-19(18)23)29-16-7-12-28(13-8-16)11-1-9-24-20-6-10-25-21(27-20)26-15-2-3-15/h4-6,10,14-16H,1-3,7-9,11-13H2,(H2,24,25,26,27). The Morgan fingerprint density at radius 2 is 1.90 bits per heavy atom. The van der Waals surface area contributed by atoms with E-state index in [1.165, 1.54) is 12.8 Å². The van der Waals surface area contributed by atoms with Gasteiger partial charge in [-0.1, -0.05) is 23.2 Å². The fourth-order valence-electron chi connectivity index (χ4n) is 3.45. The highest BCUT2D eigenvalue weighted by Crippen LogP contribution is 2.28.